The van der Waals surface area contributed by atoms with Gasteiger partial charge in [-0.2, -0.15) is 0 Å². The molecule has 0 unspecified atom stereocenters. The highest BCUT2D eigenvalue weighted by Gasteiger charge is 2.34. The molecule has 4 heterocycles. The molecule has 6 nitrogen and oxygen atoms in total. The minimum absolute atomic E-state index is 0.679. The van der Waals surface area contributed by atoms with E-state index in [-0.39, 0.29) is 0 Å². The van der Waals surface area contributed by atoms with E-state index in [4.69, 9.17) is 0 Å². The van der Waals surface area contributed by atoms with Crippen LogP contribution in [0.5, 0.6) is 0 Å². The molecule has 0 amide bonds. The first-order valence-corrected chi connectivity index (χ1v) is 8.12. The number of pyridine rings is 1. The predicted octanol–water partition coefficient (Wildman–Crippen LogP) is 0.851. The summed E-state index contributed by atoms with van der Waals surface area (Å²) in [6.45, 7) is 10.4. The third-order valence-corrected chi connectivity index (χ3v) is 4.87. The summed E-state index contributed by atoms with van der Waals surface area (Å²) >= 11 is 0. The van der Waals surface area contributed by atoms with Crippen molar-refractivity contribution < 1.29 is 0 Å². The van der Waals surface area contributed by atoms with Crippen molar-refractivity contribution in [3.8, 4) is 0 Å². The van der Waals surface area contributed by atoms with E-state index in [9.17, 15) is 0 Å². The fraction of sp³-hybridized carbons (Fsp3) is 0.562. The highest BCUT2D eigenvalue weighted by atomic mass is 15.4. The summed E-state index contributed by atoms with van der Waals surface area (Å²) < 4.78 is 0. The van der Waals surface area contributed by atoms with Crippen LogP contribution in [-0.2, 0) is 0 Å². The normalized spacial score (nSPS) is 21.2. The van der Waals surface area contributed by atoms with Crippen molar-refractivity contribution in [2.24, 2.45) is 0 Å². The van der Waals surface area contributed by atoms with Gasteiger partial charge in [-0.3, -0.25) is 9.88 Å². The van der Waals surface area contributed by atoms with E-state index in [1.165, 1.54) is 32.7 Å². The molecule has 0 spiro atoms. The fourth-order valence-electron chi connectivity index (χ4n) is 3.34. The SMILES string of the molecule is CCN1CCN(C2CN(c3ccc4nccnc4n3)C2)CC1. The third kappa shape index (κ3) is 2.53. The van der Waals surface area contributed by atoms with Crippen LogP contribution in [0.4, 0.5) is 5.82 Å². The summed E-state index contributed by atoms with van der Waals surface area (Å²) in [5.41, 5.74) is 1.60. The smallest absolute Gasteiger partial charge is 0.180 e. The zero-order chi connectivity index (χ0) is 14.9. The Morgan fingerprint density at radius 2 is 1.82 bits per heavy atom. The number of rotatable bonds is 3. The molecule has 4 rings (SSSR count). The van der Waals surface area contributed by atoms with Crippen molar-refractivity contribution in [2.75, 3.05) is 50.7 Å². The van der Waals surface area contributed by atoms with Crippen molar-refractivity contribution in [2.45, 2.75) is 13.0 Å². The quantitative estimate of drug-likeness (QED) is 0.837. The Morgan fingerprint density at radius 1 is 1.05 bits per heavy atom. The maximum atomic E-state index is 4.63. The van der Waals surface area contributed by atoms with Gasteiger partial charge in [0.15, 0.2) is 5.65 Å². The van der Waals surface area contributed by atoms with E-state index in [0.29, 0.717) is 6.04 Å². The van der Waals surface area contributed by atoms with Crippen LogP contribution in [0.2, 0.25) is 0 Å². The topological polar surface area (TPSA) is 48.4 Å². The van der Waals surface area contributed by atoms with E-state index in [2.05, 4.69) is 42.6 Å². The first kappa shape index (κ1) is 13.8. The van der Waals surface area contributed by atoms with Crippen LogP contribution >= 0.6 is 0 Å². The molecule has 116 valence electrons. The summed E-state index contributed by atoms with van der Waals surface area (Å²) in [7, 11) is 0. The minimum atomic E-state index is 0.679. The Balaban J connectivity index is 1.38. The maximum absolute atomic E-state index is 4.63. The van der Waals surface area contributed by atoms with Crippen LogP contribution in [-0.4, -0.2) is 76.6 Å². The predicted molar refractivity (Wildman–Crippen MR) is 87.0 cm³/mol. The van der Waals surface area contributed by atoms with Crippen LogP contribution in [0.15, 0.2) is 24.5 Å². The average molecular weight is 298 g/mol. The van der Waals surface area contributed by atoms with E-state index < -0.39 is 0 Å². The molecular weight excluding hydrogens is 276 g/mol. The zero-order valence-corrected chi connectivity index (χ0v) is 13.0. The average Bonchev–Trinajstić information content (AvgIpc) is 2.54. The van der Waals surface area contributed by atoms with E-state index in [1.54, 1.807) is 12.4 Å². The van der Waals surface area contributed by atoms with Crippen molar-refractivity contribution in [1.29, 1.82) is 0 Å². The van der Waals surface area contributed by atoms with E-state index in [0.717, 1.165) is 30.1 Å². The summed E-state index contributed by atoms with van der Waals surface area (Å²) in [6, 6.07) is 4.75. The van der Waals surface area contributed by atoms with Gasteiger partial charge in [-0.15, -0.1) is 0 Å². The Bertz CT molecular complexity index is 646. The molecule has 0 N–H and O–H groups in total. The number of likely N-dealkylation sites (N-methyl/N-ethyl adjacent to an activating group) is 1. The Labute approximate surface area is 130 Å². The van der Waals surface area contributed by atoms with Gasteiger partial charge >= 0.3 is 0 Å². The molecule has 22 heavy (non-hydrogen) atoms. The Kier molecular flexibility index (Phi) is 3.63. The van der Waals surface area contributed by atoms with Crippen molar-refractivity contribution in [1.82, 2.24) is 24.8 Å². The first-order valence-electron chi connectivity index (χ1n) is 8.12. The van der Waals surface area contributed by atoms with Crippen LogP contribution in [0.3, 0.4) is 0 Å². The second-order valence-electron chi connectivity index (χ2n) is 6.10. The fourth-order valence-corrected chi connectivity index (χ4v) is 3.34. The molecule has 0 aromatic carbocycles. The molecule has 0 saturated carbocycles. The maximum Gasteiger partial charge on any atom is 0.180 e. The van der Waals surface area contributed by atoms with Gasteiger partial charge in [-0.25, -0.2) is 9.97 Å². The standard InChI is InChI=1S/C16H22N6/c1-2-20-7-9-21(10-8-20)13-11-22(12-13)15-4-3-14-16(19-15)18-6-5-17-14/h3-6,13H,2,7-12H2,1H3. The van der Waals surface area contributed by atoms with Gasteiger partial charge in [0.1, 0.15) is 11.3 Å². The molecule has 2 aromatic rings. The minimum Gasteiger partial charge on any atom is -0.353 e. The number of anilines is 1. The summed E-state index contributed by atoms with van der Waals surface area (Å²) in [5.74, 6) is 1.02. The number of nitrogens with zero attached hydrogens (tertiary/aromatic N) is 6. The molecule has 0 radical (unpaired) electrons. The summed E-state index contributed by atoms with van der Waals surface area (Å²) in [5, 5.41) is 0. The van der Waals surface area contributed by atoms with Gasteiger partial charge in [0.25, 0.3) is 0 Å². The Morgan fingerprint density at radius 3 is 2.59 bits per heavy atom. The molecule has 2 fully saturated rings. The molecule has 6 heteroatoms. The largest absolute Gasteiger partial charge is 0.353 e. The first-order chi connectivity index (χ1) is 10.8. The van der Waals surface area contributed by atoms with Crippen LogP contribution in [0.1, 0.15) is 6.92 Å². The lowest BCUT2D eigenvalue weighted by atomic mass is 10.1. The Hall–Kier alpha value is -1.79. The molecule has 2 aliphatic rings. The van der Waals surface area contributed by atoms with E-state index in [1.807, 2.05) is 6.07 Å². The molecule has 2 saturated heterocycles. The lowest BCUT2D eigenvalue weighted by Crippen LogP contribution is -2.63. The summed E-state index contributed by atoms with van der Waals surface area (Å²) in [4.78, 5) is 20.7. The van der Waals surface area contributed by atoms with E-state index >= 15 is 0 Å². The zero-order valence-electron chi connectivity index (χ0n) is 13.0. The number of fused-ring (bicyclic) bond motifs is 1. The number of piperazine rings is 1. The van der Waals surface area contributed by atoms with Gasteiger partial charge < -0.3 is 9.80 Å². The van der Waals surface area contributed by atoms with Gasteiger partial charge in [0.05, 0.1) is 0 Å². The highest BCUT2D eigenvalue weighted by molar-refractivity contribution is 5.71. The van der Waals surface area contributed by atoms with Gasteiger partial charge in [0.2, 0.25) is 0 Å². The second kappa shape index (κ2) is 5.78. The molecule has 0 aliphatic carbocycles. The summed E-state index contributed by atoms with van der Waals surface area (Å²) in [6.07, 6.45) is 3.41. The lowest BCUT2D eigenvalue weighted by molar-refractivity contribution is 0.0859. The van der Waals surface area contributed by atoms with Crippen molar-refractivity contribution in [3.63, 3.8) is 0 Å². The molecule has 2 aliphatic heterocycles. The molecule has 2 aromatic heterocycles. The number of hydrogen-bond donors (Lipinski definition) is 0. The number of hydrogen-bond acceptors (Lipinski definition) is 6. The van der Waals surface area contributed by atoms with Crippen molar-refractivity contribution >= 4 is 17.0 Å². The third-order valence-electron chi connectivity index (χ3n) is 4.87. The monoisotopic (exact) mass is 298 g/mol. The lowest BCUT2D eigenvalue weighted by Gasteiger charge is -2.48. The number of aromatic nitrogens is 3. The van der Waals surface area contributed by atoms with Crippen LogP contribution in [0, 0.1) is 0 Å². The van der Waals surface area contributed by atoms with Crippen LogP contribution in [0.25, 0.3) is 11.2 Å². The van der Waals surface area contributed by atoms with Crippen molar-refractivity contribution in [3.05, 3.63) is 24.5 Å². The molecular formula is C16H22N6. The molecule has 0 atom stereocenters. The molecule has 0 bridgehead atoms. The second-order valence-corrected chi connectivity index (χ2v) is 6.10. The van der Waals surface area contributed by atoms with Gasteiger partial charge in [-0.05, 0) is 18.7 Å². The van der Waals surface area contributed by atoms with Crippen LogP contribution < -0.4 is 4.90 Å². The van der Waals surface area contributed by atoms with Gasteiger partial charge in [0, 0.05) is 57.7 Å². The highest BCUT2D eigenvalue weighted by Crippen LogP contribution is 2.24. The van der Waals surface area contributed by atoms with Gasteiger partial charge in [-0.1, -0.05) is 6.92 Å².